The van der Waals surface area contributed by atoms with Gasteiger partial charge >= 0.3 is 5.89 Å². The lowest BCUT2D eigenvalue weighted by molar-refractivity contribution is -0.648. The van der Waals surface area contributed by atoms with Crippen LogP contribution in [0.5, 0.6) is 0 Å². The molecule has 0 unspecified atom stereocenters. The number of rotatable bonds is 1. The van der Waals surface area contributed by atoms with Crippen molar-refractivity contribution in [1.82, 2.24) is 14.5 Å². The quantitative estimate of drug-likeness (QED) is 0.435. The van der Waals surface area contributed by atoms with Crippen LogP contribution in [-0.4, -0.2) is 14.5 Å². The SMILES string of the molecule is c1ccc(-n2c3cnccc3c3c2oc2[n+]3Cc3cnccc3-2)cc1. The molecule has 0 spiro atoms. The van der Waals surface area contributed by atoms with Gasteiger partial charge in [0.1, 0.15) is 0 Å². The second-order valence-electron chi connectivity index (χ2n) is 6.24. The minimum absolute atomic E-state index is 0.779. The van der Waals surface area contributed by atoms with Crippen LogP contribution in [0.3, 0.4) is 0 Å². The van der Waals surface area contributed by atoms with Crippen LogP contribution >= 0.6 is 0 Å². The molecule has 6 rings (SSSR count). The number of hydrogen-bond donors (Lipinski definition) is 0. The van der Waals surface area contributed by atoms with Gasteiger partial charge in [-0.25, -0.2) is 0 Å². The fraction of sp³-hybridized carbons (Fsp3) is 0.0500. The highest BCUT2D eigenvalue weighted by Crippen LogP contribution is 2.36. The minimum Gasteiger partial charge on any atom is -0.380 e. The molecule has 1 aliphatic heterocycles. The number of benzene rings is 1. The molecule has 0 N–H and O–H groups in total. The van der Waals surface area contributed by atoms with E-state index in [-0.39, 0.29) is 0 Å². The van der Waals surface area contributed by atoms with Crippen molar-refractivity contribution in [1.29, 1.82) is 0 Å². The molecule has 0 aliphatic carbocycles. The summed E-state index contributed by atoms with van der Waals surface area (Å²) in [7, 11) is 0. The molecular weight excluding hydrogens is 312 g/mol. The average Bonchev–Trinajstić information content (AvgIpc) is 3.29. The summed E-state index contributed by atoms with van der Waals surface area (Å²) in [6.45, 7) is 0.779. The Labute approximate surface area is 142 Å². The zero-order chi connectivity index (χ0) is 16.4. The number of oxazole rings is 1. The molecule has 0 fully saturated rings. The largest absolute Gasteiger partial charge is 0.383 e. The lowest BCUT2D eigenvalue weighted by atomic mass is 10.2. The van der Waals surface area contributed by atoms with E-state index in [1.54, 1.807) is 0 Å². The molecule has 0 saturated carbocycles. The number of hydrogen-bond acceptors (Lipinski definition) is 3. The second kappa shape index (κ2) is 4.54. The van der Waals surface area contributed by atoms with Gasteiger partial charge < -0.3 is 4.42 Å². The monoisotopic (exact) mass is 325 g/mol. The summed E-state index contributed by atoms with van der Waals surface area (Å²) >= 11 is 0. The van der Waals surface area contributed by atoms with Crippen LogP contribution in [0.4, 0.5) is 0 Å². The van der Waals surface area contributed by atoms with Crippen molar-refractivity contribution in [3.05, 3.63) is 72.8 Å². The van der Waals surface area contributed by atoms with E-state index >= 15 is 0 Å². The van der Waals surface area contributed by atoms with E-state index in [9.17, 15) is 0 Å². The zero-order valence-corrected chi connectivity index (χ0v) is 13.3. The maximum Gasteiger partial charge on any atom is 0.383 e. The molecule has 25 heavy (non-hydrogen) atoms. The molecule has 118 valence electrons. The summed E-state index contributed by atoms with van der Waals surface area (Å²) < 4.78 is 10.8. The fourth-order valence-electron chi connectivity index (χ4n) is 3.81. The number of nitrogens with zero attached hydrogens (tertiary/aromatic N) is 4. The third-order valence-corrected chi connectivity index (χ3v) is 4.89. The predicted octanol–water partition coefficient (Wildman–Crippen LogP) is 3.48. The van der Waals surface area contributed by atoms with Crippen molar-refractivity contribution in [2.75, 3.05) is 0 Å². The summed E-state index contributed by atoms with van der Waals surface area (Å²) in [5.41, 5.74) is 6.38. The fourth-order valence-corrected chi connectivity index (χ4v) is 3.81. The van der Waals surface area contributed by atoms with Gasteiger partial charge in [0.05, 0.1) is 28.2 Å². The Morgan fingerprint density at radius 1 is 0.960 bits per heavy atom. The maximum atomic E-state index is 6.38. The summed E-state index contributed by atoms with van der Waals surface area (Å²) in [5, 5.41) is 1.14. The van der Waals surface area contributed by atoms with Crippen molar-refractivity contribution >= 4 is 22.1 Å². The first-order chi connectivity index (χ1) is 12.4. The molecule has 0 atom stereocenters. The Bertz CT molecular complexity index is 1270. The van der Waals surface area contributed by atoms with Gasteiger partial charge in [0, 0.05) is 24.3 Å². The Kier molecular flexibility index (Phi) is 2.34. The Morgan fingerprint density at radius 2 is 1.80 bits per heavy atom. The van der Waals surface area contributed by atoms with E-state index in [0.29, 0.717) is 0 Å². The van der Waals surface area contributed by atoms with E-state index in [0.717, 1.165) is 45.8 Å². The molecule has 1 aliphatic rings. The van der Waals surface area contributed by atoms with Crippen LogP contribution < -0.4 is 4.57 Å². The lowest BCUT2D eigenvalue weighted by Gasteiger charge is -2.03. The van der Waals surface area contributed by atoms with Crippen molar-refractivity contribution in [3.8, 4) is 17.1 Å². The molecule has 5 heteroatoms. The van der Waals surface area contributed by atoms with Crippen LogP contribution in [-0.2, 0) is 6.54 Å². The third kappa shape index (κ3) is 1.59. The topological polar surface area (TPSA) is 47.7 Å². The molecular formula is C20H13N4O+. The van der Waals surface area contributed by atoms with E-state index in [1.165, 1.54) is 5.56 Å². The molecule has 0 radical (unpaired) electrons. The molecule has 5 aromatic rings. The Morgan fingerprint density at radius 3 is 2.72 bits per heavy atom. The molecule has 0 saturated heterocycles. The van der Waals surface area contributed by atoms with E-state index in [1.807, 2.05) is 49.1 Å². The molecule has 1 aromatic carbocycles. The lowest BCUT2D eigenvalue weighted by Crippen LogP contribution is -2.30. The van der Waals surface area contributed by atoms with Gasteiger partial charge in [-0.1, -0.05) is 18.2 Å². The standard InChI is InChI=1S/C20H13N4O/c1-2-4-14(5-3-1)24-17-11-22-9-7-16(17)18-20(24)25-19-15-6-8-21-10-13(15)12-23(18)19/h1-11H,12H2/q+1. The molecule has 0 amide bonds. The van der Waals surface area contributed by atoms with Crippen LogP contribution in [0.1, 0.15) is 5.56 Å². The summed E-state index contributed by atoms with van der Waals surface area (Å²) in [6.07, 6.45) is 7.46. The van der Waals surface area contributed by atoms with Gasteiger partial charge in [-0.3, -0.25) is 14.5 Å². The van der Waals surface area contributed by atoms with Crippen molar-refractivity contribution in [3.63, 3.8) is 0 Å². The van der Waals surface area contributed by atoms with Crippen molar-refractivity contribution in [2.45, 2.75) is 6.54 Å². The smallest absolute Gasteiger partial charge is 0.380 e. The number of para-hydroxylation sites is 1. The number of aromatic nitrogens is 4. The second-order valence-corrected chi connectivity index (χ2v) is 6.24. The van der Waals surface area contributed by atoms with Gasteiger partial charge in [0.15, 0.2) is 6.54 Å². The van der Waals surface area contributed by atoms with Crippen LogP contribution in [0.25, 0.3) is 39.3 Å². The zero-order valence-electron chi connectivity index (χ0n) is 13.3. The van der Waals surface area contributed by atoms with Gasteiger partial charge in [-0.05, 0) is 24.3 Å². The van der Waals surface area contributed by atoms with Crippen LogP contribution in [0.2, 0.25) is 0 Å². The first-order valence-corrected chi connectivity index (χ1v) is 8.21. The Balaban J connectivity index is 1.78. The van der Waals surface area contributed by atoms with Gasteiger partial charge in [0.2, 0.25) is 0 Å². The number of fused-ring (bicyclic) bond motifs is 7. The number of pyridine rings is 2. The predicted molar refractivity (Wildman–Crippen MR) is 93.4 cm³/mol. The summed E-state index contributed by atoms with van der Waals surface area (Å²) in [5.74, 6) is 0.894. The normalized spacial score (nSPS) is 12.6. The summed E-state index contributed by atoms with van der Waals surface area (Å²) in [4.78, 5) is 8.57. The van der Waals surface area contributed by atoms with E-state index in [2.05, 4.69) is 37.3 Å². The van der Waals surface area contributed by atoms with Gasteiger partial charge in [-0.2, -0.15) is 0 Å². The Hall–Kier alpha value is -3.47. The van der Waals surface area contributed by atoms with Crippen molar-refractivity contribution < 1.29 is 8.98 Å². The van der Waals surface area contributed by atoms with Gasteiger partial charge in [-0.15, -0.1) is 4.57 Å². The molecule has 5 nitrogen and oxygen atoms in total. The molecule has 4 aromatic heterocycles. The minimum atomic E-state index is 0.779. The highest BCUT2D eigenvalue weighted by Gasteiger charge is 2.37. The average molecular weight is 325 g/mol. The van der Waals surface area contributed by atoms with Crippen LogP contribution in [0.15, 0.2) is 71.7 Å². The van der Waals surface area contributed by atoms with Crippen molar-refractivity contribution in [2.24, 2.45) is 0 Å². The van der Waals surface area contributed by atoms with Gasteiger partial charge in [0.25, 0.3) is 11.2 Å². The van der Waals surface area contributed by atoms with Crippen LogP contribution in [0, 0.1) is 0 Å². The maximum absolute atomic E-state index is 6.38. The first kappa shape index (κ1) is 12.9. The van der Waals surface area contributed by atoms with E-state index < -0.39 is 0 Å². The highest BCUT2D eigenvalue weighted by atomic mass is 16.4. The van der Waals surface area contributed by atoms with E-state index in [4.69, 9.17) is 4.42 Å². The molecule has 5 heterocycles. The molecule has 0 bridgehead atoms. The summed E-state index contributed by atoms with van der Waals surface area (Å²) in [6, 6.07) is 14.3. The third-order valence-electron chi connectivity index (χ3n) is 4.89. The highest BCUT2D eigenvalue weighted by molar-refractivity contribution is 6.03. The first-order valence-electron chi connectivity index (χ1n) is 8.21.